The third-order valence-electron chi connectivity index (χ3n) is 2.53. The zero-order valence-corrected chi connectivity index (χ0v) is 13.2. The second-order valence-electron chi connectivity index (χ2n) is 4.40. The Morgan fingerprint density at radius 3 is 2.52 bits per heavy atom. The van der Waals surface area contributed by atoms with Gasteiger partial charge in [-0.3, -0.25) is 4.79 Å². The van der Waals surface area contributed by atoms with Crippen LogP contribution in [0, 0.1) is 0 Å². The van der Waals surface area contributed by atoms with E-state index in [1.807, 2.05) is 0 Å². The lowest BCUT2D eigenvalue weighted by molar-refractivity contribution is -0.138. The Kier molecular flexibility index (Phi) is 6.24. The van der Waals surface area contributed by atoms with E-state index < -0.39 is 11.8 Å². The maximum atomic E-state index is 12.6. The van der Waals surface area contributed by atoms with Crippen LogP contribution in [0.4, 0.5) is 0 Å². The number of carbonyl (C=O) groups excluding carboxylic acids is 2. The molecule has 0 saturated heterocycles. The topological polar surface area (TPSA) is 55.8 Å². The van der Waals surface area contributed by atoms with E-state index in [1.54, 1.807) is 38.1 Å². The van der Waals surface area contributed by atoms with Crippen LogP contribution in [0.3, 0.4) is 0 Å². The van der Waals surface area contributed by atoms with Crippen molar-refractivity contribution in [3.05, 3.63) is 40.6 Å². The van der Waals surface area contributed by atoms with Gasteiger partial charge in [-0.15, -0.1) is 0 Å². The van der Waals surface area contributed by atoms with Gasteiger partial charge in [-0.1, -0.05) is 11.6 Å². The summed E-state index contributed by atoms with van der Waals surface area (Å²) in [5.74, 6) is -0.835. The quantitative estimate of drug-likeness (QED) is 0.266. The Morgan fingerprint density at radius 2 is 2.00 bits per heavy atom. The van der Waals surface area contributed by atoms with Crippen LogP contribution in [0.5, 0.6) is 5.75 Å². The van der Waals surface area contributed by atoms with Crippen LogP contribution in [0.25, 0.3) is 0 Å². The minimum Gasteiger partial charge on any atom is -0.496 e. The lowest BCUT2D eigenvalue weighted by Crippen LogP contribution is -2.20. The number of carbonyl (C=O) groups is 2. The number of nitrogens with zero attached hydrogens (tertiary/aromatic N) is 1. The lowest BCUT2D eigenvalue weighted by atomic mass is 10.0. The van der Waals surface area contributed by atoms with Crippen LogP contribution in [0.2, 0.25) is 5.02 Å². The summed E-state index contributed by atoms with van der Waals surface area (Å²) < 4.78 is 10.1. The molecule has 6 heteroatoms. The van der Waals surface area contributed by atoms with Crippen molar-refractivity contribution in [2.24, 2.45) is 0 Å². The summed E-state index contributed by atoms with van der Waals surface area (Å²) in [6, 6.07) is 4.65. The van der Waals surface area contributed by atoms with Gasteiger partial charge in [0.25, 0.3) is 0 Å². The van der Waals surface area contributed by atoms with Gasteiger partial charge in [0.15, 0.2) is 0 Å². The van der Waals surface area contributed by atoms with E-state index in [2.05, 4.69) is 0 Å². The number of methoxy groups -OCH3 is 1. The number of Topliss-reactive ketones (excluding diaryl/α,β-unsaturated/α-hetero) is 1. The Balaban J connectivity index is 3.29. The molecule has 0 bridgehead atoms. The van der Waals surface area contributed by atoms with E-state index >= 15 is 0 Å². The molecule has 1 aromatic carbocycles. The predicted molar refractivity (Wildman–Crippen MR) is 80.7 cm³/mol. The molecule has 0 atom stereocenters. The normalized spacial score (nSPS) is 11.0. The summed E-state index contributed by atoms with van der Waals surface area (Å²) in [4.78, 5) is 26.2. The van der Waals surface area contributed by atoms with Crippen molar-refractivity contribution in [3.8, 4) is 5.75 Å². The fraction of sp³-hybridized carbons (Fsp3) is 0.333. The molecule has 0 heterocycles. The summed E-state index contributed by atoms with van der Waals surface area (Å²) in [6.07, 6.45) is 1.42. The van der Waals surface area contributed by atoms with Crippen LogP contribution in [-0.2, 0) is 9.53 Å². The van der Waals surface area contributed by atoms with E-state index in [1.165, 1.54) is 19.4 Å². The largest absolute Gasteiger partial charge is 0.496 e. The molecule has 5 nitrogen and oxygen atoms in total. The van der Waals surface area contributed by atoms with Crippen molar-refractivity contribution in [3.63, 3.8) is 0 Å². The number of ether oxygens (including phenoxy) is 2. The second kappa shape index (κ2) is 7.69. The SMILES string of the molecule is CCOC(=O)/C(=C\N(C)C)C(=O)c1cc(Cl)ccc1OC. The fourth-order valence-corrected chi connectivity index (χ4v) is 1.85. The Labute approximate surface area is 129 Å². The molecule has 0 aliphatic rings. The van der Waals surface area contributed by atoms with Gasteiger partial charge >= 0.3 is 5.97 Å². The first kappa shape index (κ1) is 17.0. The standard InChI is InChI=1S/C15H18ClNO4/c1-5-21-15(19)12(9-17(2)3)14(18)11-8-10(16)6-7-13(11)20-4/h6-9H,5H2,1-4H3/b12-9-. The molecule has 0 amide bonds. The Bertz CT molecular complexity index is 567. The molecule has 1 aromatic rings. The first-order chi connectivity index (χ1) is 9.90. The minimum absolute atomic E-state index is 0.0811. The van der Waals surface area contributed by atoms with Crippen LogP contribution in [-0.4, -0.2) is 44.5 Å². The highest BCUT2D eigenvalue weighted by Gasteiger charge is 2.24. The summed E-state index contributed by atoms with van der Waals surface area (Å²) in [5, 5.41) is 0.382. The molecular formula is C15H18ClNO4. The minimum atomic E-state index is -0.682. The zero-order chi connectivity index (χ0) is 16.0. The van der Waals surface area contributed by atoms with Crippen molar-refractivity contribution in [1.29, 1.82) is 0 Å². The summed E-state index contributed by atoms with van der Waals surface area (Å²) in [7, 11) is 4.86. The summed E-state index contributed by atoms with van der Waals surface area (Å²) in [6.45, 7) is 1.86. The van der Waals surface area contributed by atoms with Crippen molar-refractivity contribution >= 4 is 23.4 Å². The van der Waals surface area contributed by atoms with Gasteiger partial charge in [0, 0.05) is 25.3 Å². The monoisotopic (exact) mass is 311 g/mol. The number of esters is 1. The second-order valence-corrected chi connectivity index (χ2v) is 4.84. The first-order valence-electron chi connectivity index (χ1n) is 6.34. The highest BCUT2D eigenvalue weighted by atomic mass is 35.5. The van der Waals surface area contributed by atoms with Gasteiger partial charge in [0.1, 0.15) is 11.3 Å². The summed E-state index contributed by atoms with van der Waals surface area (Å²) in [5.41, 5.74) is 0.133. The number of hydrogen-bond acceptors (Lipinski definition) is 5. The van der Waals surface area contributed by atoms with Gasteiger partial charge in [0.2, 0.25) is 5.78 Å². The maximum absolute atomic E-state index is 12.6. The highest BCUT2D eigenvalue weighted by molar-refractivity contribution is 6.32. The molecule has 0 N–H and O–H groups in total. The van der Waals surface area contributed by atoms with E-state index in [9.17, 15) is 9.59 Å². The molecule has 0 radical (unpaired) electrons. The average molecular weight is 312 g/mol. The molecule has 21 heavy (non-hydrogen) atoms. The molecule has 0 aromatic heterocycles. The van der Waals surface area contributed by atoms with Gasteiger partial charge in [-0.25, -0.2) is 4.79 Å². The average Bonchev–Trinajstić information content (AvgIpc) is 2.44. The zero-order valence-electron chi connectivity index (χ0n) is 12.5. The molecule has 0 spiro atoms. The van der Waals surface area contributed by atoms with E-state index in [4.69, 9.17) is 21.1 Å². The smallest absolute Gasteiger partial charge is 0.343 e. The van der Waals surface area contributed by atoms with Crippen LogP contribution in [0.15, 0.2) is 30.0 Å². The third kappa shape index (κ3) is 4.49. The van der Waals surface area contributed by atoms with Gasteiger partial charge in [0.05, 0.1) is 19.3 Å². The summed E-state index contributed by atoms with van der Waals surface area (Å²) >= 11 is 5.92. The maximum Gasteiger partial charge on any atom is 0.343 e. The van der Waals surface area contributed by atoms with Gasteiger partial charge in [-0.2, -0.15) is 0 Å². The van der Waals surface area contributed by atoms with Crippen molar-refractivity contribution < 1.29 is 19.1 Å². The number of rotatable bonds is 6. The van der Waals surface area contributed by atoms with E-state index in [0.29, 0.717) is 10.8 Å². The number of ketones is 1. The van der Waals surface area contributed by atoms with Gasteiger partial charge < -0.3 is 14.4 Å². The van der Waals surface area contributed by atoms with Crippen LogP contribution >= 0.6 is 11.6 Å². The Morgan fingerprint density at radius 1 is 1.33 bits per heavy atom. The highest BCUT2D eigenvalue weighted by Crippen LogP contribution is 2.25. The van der Waals surface area contributed by atoms with Crippen molar-refractivity contribution in [2.45, 2.75) is 6.92 Å². The molecule has 0 unspecified atom stereocenters. The molecular weight excluding hydrogens is 294 g/mol. The molecule has 114 valence electrons. The molecule has 0 saturated carbocycles. The number of halogens is 1. The molecule has 0 aliphatic carbocycles. The van der Waals surface area contributed by atoms with Crippen LogP contribution in [0.1, 0.15) is 17.3 Å². The molecule has 0 fully saturated rings. The molecule has 0 aliphatic heterocycles. The Hall–Kier alpha value is -2.01. The number of benzene rings is 1. The van der Waals surface area contributed by atoms with E-state index in [-0.39, 0.29) is 17.7 Å². The first-order valence-corrected chi connectivity index (χ1v) is 6.72. The van der Waals surface area contributed by atoms with E-state index in [0.717, 1.165) is 0 Å². The number of hydrogen-bond donors (Lipinski definition) is 0. The third-order valence-corrected chi connectivity index (χ3v) is 2.77. The molecule has 1 rings (SSSR count). The van der Waals surface area contributed by atoms with Gasteiger partial charge in [-0.05, 0) is 25.1 Å². The predicted octanol–water partition coefficient (Wildman–Crippen LogP) is 2.54. The fourth-order valence-electron chi connectivity index (χ4n) is 1.67. The van der Waals surface area contributed by atoms with Crippen LogP contribution < -0.4 is 4.74 Å². The lowest BCUT2D eigenvalue weighted by Gasteiger charge is -2.12. The van der Waals surface area contributed by atoms with Crippen molar-refractivity contribution in [2.75, 3.05) is 27.8 Å². The van der Waals surface area contributed by atoms with Crippen molar-refractivity contribution in [1.82, 2.24) is 4.90 Å².